The van der Waals surface area contributed by atoms with E-state index in [0.29, 0.717) is 11.1 Å². The summed E-state index contributed by atoms with van der Waals surface area (Å²) >= 11 is 0. The zero-order chi connectivity index (χ0) is 14.7. The summed E-state index contributed by atoms with van der Waals surface area (Å²) in [6, 6.07) is 7.25. The van der Waals surface area contributed by atoms with Crippen LogP contribution in [0.3, 0.4) is 0 Å². The van der Waals surface area contributed by atoms with Crippen LogP contribution in [0, 0.1) is 0 Å². The van der Waals surface area contributed by atoms with Gasteiger partial charge in [0.2, 0.25) is 0 Å². The summed E-state index contributed by atoms with van der Waals surface area (Å²) in [7, 11) is 0. The third kappa shape index (κ3) is 2.47. The molecule has 1 amide bonds. The minimum absolute atomic E-state index is 0.0234. The maximum Gasteiger partial charge on any atom is 0.337 e. The third-order valence-electron chi connectivity index (χ3n) is 2.98. The number of carbonyl (C=O) groups is 2. The molecule has 0 unspecified atom stereocenters. The maximum absolute atomic E-state index is 11.4. The molecule has 1 heterocycles. The van der Waals surface area contributed by atoms with Gasteiger partial charge in [-0.25, -0.2) is 4.79 Å². The highest BCUT2D eigenvalue weighted by atomic mass is 16.4. The number of carboxylic acids is 1. The zero-order valence-corrected chi connectivity index (χ0v) is 10.7. The third-order valence-corrected chi connectivity index (χ3v) is 2.98. The van der Waals surface area contributed by atoms with Gasteiger partial charge in [-0.05, 0) is 17.5 Å². The monoisotopic (exact) mass is 270 g/mol. The van der Waals surface area contributed by atoms with Crippen LogP contribution in [-0.2, 0) is 6.42 Å². The Balaban J connectivity index is 2.55. The Morgan fingerprint density at radius 2 is 1.95 bits per heavy atom. The number of primary amides is 1. The van der Waals surface area contributed by atoms with E-state index in [0.717, 1.165) is 12.0 Å². The van der Waals surface area contributed by atoms with Gasteiger partial charge in [0.05, 0.1) is 5.56 Å². The molecule has 0 fully saturated rings. The number of H-pyrrole nitrogens is 1. The molecule has 2 rings (SSSR count). The lowest BCUT2D eigenvalue weighted by Gasteiger charge is -2.05. The number of nitrogens with one attached hydrogen (secondary N) is 1. The first-order chi connectivity index (χ1) is 9.54. The highest BCUT2D eigenvalue weighted by Gasteiger charge is 2.21. The van der Waals surface area contributed by atoms with E-state index >= 15 is 0 Å². The van der Waals surface area contributed by atoms with E-state index in [-0.39, 0.29) is 11.3 Å². The lowest BCUT2D eigenvalue weighted by Crippen LogP contribution is -2.13. The lowest BCUT2D eigenvalue weighted by atomic mass is 9.99. The van der Waals surface area contributed by atoms with Crippen molar-refractivity contribution in [3.05, 3.63) is 59.9 Å². The van der Waals surface area contributed by atoms with Gasteiger partial charge in [-0.1, -0.05) is 30.3 Å². The summed E-state index contributed by atoms with van der Waals surface area (Å²) in [5.74, 6) is -1.80. The largest absolute Gasteiger partial charge is 0.478 e. The molecule has 0 bridgehead atoms. The Morgan fingerprint density at radius 1 is 1.30 bits per heavy atom. The van der Waals surface area contributed by atoms with E-state index in [1.807, 2.05) is 12.1 Å². The number of hydrogen-bond donors (Lipinski definition) is 3. The summed E-state index contributed by atoms with van der Waals surface area (Å²) in [6.45, 7) is 3.66. The standard InChI is InChI=1S/C15H14N2O3/c1-2-3-9-4-6-10(7-5-9)12-11(15(19)20)8-17-13(12)14(16)18/h2,4-8,17H,1,3H2,(H2,16,18)(H,19,20). The molecule has 1 aromatic heterocycles. The average Bonchev–Trinajstić information content (AvgIpc) is 2.85. The van der Waals surface area contributed by atoms with Gasteiger partial charge >= 0.3 is 5.97 Å². The molecule has 0 aliphatic rings. The number of aromatic carboxylic acids is 1. The van der Waals surface area contributed by atoms with Gasteiger partial charge in [0.15, 0.2) is 0 Å². The van der Waals surface area contributed by atoms with Crippen LogP contribution in [-0.4, -0.2) is 22.0 Å². The highest BCUT2D eigenvalue weighted by Crippen LogP contribution is 2.28. The number of amides is 1. The molecule has 0 spiro atoms. The van der Waals surface area contributed by atoms with Crippen LogP contribution in [0.4, 0.5) is 0 Å². The normalized spacial score (nSPS) is 10.2. The van der Waals surface area contributed by atoms with E-state index in [4.69, 9.17) is 5.73 Å². The molecule has 1 aromatic carbocycles. The van der Waals surface area contributed by atoms with Crippen LogP contribution < -0.4 is 5.73 Å². The molecule has 0 aliphatic carbocycles. The Kier molecular flexibility index (Phi) is 3.70. The Labute approximate surface area is 115 Å². The van der Waals surface area contributed by atoms with E-state index in [1.165, 1.54) is 6.20 Å². The number of carbonyl (C=O) groups excluding carboxylic acids is 1. The van der Waals surface area contributed by atoms with E-state index in [9.17, 15) is 14.7 Å². The Morgan fingerprint density at radius 3 is 2.45 bits per heavy atom. The Bertz CT molecular complexity index is 637. The van der Waals surface area contributed by atoms with Crippen molar-refractivity contribution >= 4 is 11.9 Å². The van der Waals surface area contributed by atoms with Crippen LogP contribution >= 0.6 is 0 Å². The Hall–Kier alpha value is -2.82. The predicted molar refractivity (Wildman–Crippen MR) is 75.6 cm³/mol. The second kappa shape index (κ2) is 5.44. The van der Waals surface area contributed by atoms with Crippen LogP contribution in [0.1, 0.15) is 26.4 Å². The number of rotatable bonds is 5. The summed E-state index contributed by atoms with van der Waals surface area (Å²) in [5, 5.41) is 9.18. The SMILES string of the molecule is C=CCc1ccc(-c2c(C(=O)O)c[nH]c2C(N)=O)cc1. The first-order valence-electron chi connectivity index (χ1n) is 5.99. The quantitative estimate of drug-likeness (QED) is 0.727. The first-order valence-corrected chi connectivity index (χ1v) is 5.99. The van der Waals surface area contributed by atoms with Crippen molar-refractivity contribution in [2.75, 3.05) is 0 Å². The topological polar surface area (TPSA) is 96.2 Å². The number of benzene rings is 1. The number of hydrogen-bond acceptors (Lipinski definition) is 2. The number of aromatic nitrogens is 1. The molecule has 4 N–H and O–H groups in total. The molecule has 0 radical (unpaired) electrons. The van der Waals surface area contributed by atoms with Crippen LogP contribution in [0.5, 0.6) is 0 Å². The van der Waals surface area contributed by atoms with Gasteiger partial charge < -0.3 is 15.8 Å². The molecule has 102 valence electrons. The van der Waals surface area contributed by atoms with Gasteiger partial charge in [0, 0.05) is 11.8 Å². The molecule has 0 atom stereocenters. The van der Waals surface area contributed by atoms with Crippen LogP contribution in [0.25, 0.3) is 11.1 Å². The molecule has 5 nitrogen and oxygen atoms in total. The van der Waals surface area contributed by atoms with Crippen molar-refractivity contribution in [1.29, 1.82) is 0 Å². The van der Waals surface area contributed by atoms with Gasteiger partial charge in [-0.3, -0.25) is 4.79 Å². The van der Waals surface area contributed by atoms with Gasteiger partial charge in [-0.2, -0.15) is 0 Å². The summed E-state index contributed by atoms with van der Waals surface area (Å²) in [5.41, 5.74) is 7.38. The number of nitrogens with two attached hydrogens (primary N) is 1. The van der Waals surface area contributed by atoms with Crippen molar-refractivity contribution in [3.63, 3.8) is 0 Å². The first kappa shape index (κ1) is 13.6. The van der Waals surface area contributed by atoms with E-state index < -0.39 is 11.9 Å². The van der Waals surface area contributed by atoms with E-state index in [2.05, 4.69) is 11.6 Å². The minimum Gasteiger partial charge on any atom is -0.478 e. The summed E-state index contributed by atoms with van der Waals surface area (Å²) in [6.07, 6.45) is 3.78. The second-order valence-electron chi connectivity index (χ2n) is 4.31. The zero-order valence-electron chi connectivity index (χ0n) is 10.7. The van der Waals surface area contributed by atoms with Gasteiger partial charge in [-0.15, -0.1) is 6.58 Å². The van der Waals surface area contributed by atoms with Crippen molar-refractivity contribution in [1.82, 2.24) is 4.98 Å². The molecule has 5 heteroatoms. The van der Waals surface area contributed by atoms with Gasteiger partial charge in [0.25, 0.3) is 5.91 Å². The molecule has 0 saturated heterocycles. The molecule has 20 heavy (non-hydrogen) atoms. The number of allylic oxidation sites excluding steroid dienone is 1. The van der Waals surface area contributed by atoms with Crippen molar-refractivity contribution < 1.29 is 14.7 Å². The van der Waals surface area contributed by atoms with Crippen molar-refractivity contribution in [2.45, 2.75) is 6.42 Å². The molecule has 0 aliphatic heterocycles. The highest BCUT2D eigenvalue weighted by molar-refractivity contribution is 6.06. The predicted octanol–water partition coefficient (Wildman–Crippen LogP) is 2.21. The fourth-order valence-corrected chi connectivity index (χ4v) is 2.06. The molecular formula is C15H14N2O3. The second-order valence-corrected chi connectivity index (χ2v) is 4.31. The van der Waals surface area contributed by atoms with Gasteiger partial charge in [0.1, 0.15) is 5.69 Å². The lowest BCUT2D eigenvalue weighted by molar-refractivity contribution is 0.0698. The smallest absolute Gasteiger partial charge is 0.337 e. The average molecular weight is 270 g/mol. The molecular weight excluding hydrogens is 256 g/mol. The molecule has 2 aromatic rings. The fraction of sp³-hybridized carbons (Fsp3) is 0.0667. The fourth-order valence-electron chi connectivity index (χ4n) is 2.06. The maximum atomic E-state index is 11.4. The molecule has 0 saturated carbocycles. The van der Waals surface area contributed by atoms with Crippen LogP contribution in [0.15, 0.2) is 43.1 Å². The van der Waals surface area contributed by atoms with E-state index in [1.54, 1.807) is 18.2 Å². The number of carboxylic acid groups (broad SMARTS) is 1. The summed E-state index contributed by atoms with van der Waals surface area (Å²) < 4.78 is 0. The van der Waals surface area contributed by atoms with Crippen molar-refractivity contribution in [3.8, 4) is 11.1 Å². The van der Waals surface area contributed by atoms with Crippen molar-refractivity contribution in [2.24, 2.45) is 5.73 Å². The number of aromatic amines is 1. The van der Waals surface area contributed by atoms with Crippen LogP contribution in [0.2, 0.25) is 0 Å². The summed E-state index contributed by atoms with van der Waals surface area (Å²) in [4.78, 5) is 25.2. The minimum atomic E-state index is -1.11.